The van der Waals surface area contributed by atoms with Gasteiger partial charge in [-0.15, -0.1) is 0 Å². The average molecular weight is 294 g/mol. The van der Waals surface area contributed by atoms with E-state index in [1.54, 1.807) is 0 Å². The highest BCUT2D eigenvalue weighted by atomic mass is 16.2. The summed E-state index contributed by atoms with van der Waals surface area (Å²) in [4.78, 5) is 26.8. The maximum Gasteiger partial charge on any atom is 0.230 e. The molecule has 0 aromatic carbocycles. The molecule has 0 bridgehead atoms. The first-order valence-electron chi connectivity index (χ1n) is 8.53. The fourth-order valence-electron chi connectivity index (χ4n) is 4.16. The van der Waals surface area contributed by atoms with Crippen molar-refractivity contribution in [2.24, 2.45) is 17.3 Å². The number of hydrogen-bond donors (Lipinski definition) is 1. The molecular weight excluding hydrogens is 264 g/mol. The fourth-order valence-corrected chi connectivity index (χ4v) is 4.16. The van der Waals surface area contributed by atoms with Gasteiger partial charge in [0.2, 0.25) is 11.8 Å². The van der Waals surface area contributed by atoms with Crippen molar-refractivity contribution < 1.29 is 9.59 Å². The van der Waals surface area contributed by atoms with E-state index in [0.29, 0.717) is 12.3 Å². The monoisotopic (exact) mass is 294 g/mol. The summed E-state index contributed by atoms with van der Waals surface area (Å²) in [5.74, 6) is 0.408. The molecule has 2 fully saturated rings. The highest BCUT2D eigenvalue weighted by molar-refractivity contribution is 5.99. The number of piperidine rings is 1. The van der Waals surface area contributed by atoms with E-state index in [0.717, 1.165) is 45.3 Å². The summed E-state index contributed by atoms with van der Waals surface area (Å²) < 4.78 is 0. The van der Waals surface area contributed by atoms with Gasteiger partial charge in [0.1, 0.15) is 0 Å². The second-order valence-electron chi connectivity index (χ2n) is 7.33. The Balaban J connectivity index is 2.18. The van der Waals surface area contributed by atoms with E-state index < -0.39 is 0 Å². The highest BCUT2D eigenvalue weighted by Crippen LogP contribution is 2.46. The van der Waals surface area contributed by atoms with Gasteiger partial charge in [0.25, 0.3) is 0 Å². The molecule has 0 aromatic heterocycles. The van der Waals surface area contributed by atoms with Crippen molar-refractivity contribution in [1.29, 1.82) is 0 Å². The van der Waals surface area contributed by atoms with E-state index in [1.165, 1.54) is 6.42 Å². The molecule has 0 aliphatic carbocycles. The van der Waals surface area contributed by atoms with Crippen molar-refractivity contribution in [3.8, 4) is 0 Å². The maximum atomic E-state index is 12.4. The molecule has 2 heterocycles. The molecule has 2 atom stereocenters. The molecular formula is C17H30N2O2. The molecule has 4 nitrogen and oxygen atoms in total. The Bertz CT molecular complexity index is 394. The third-order valence-corrected chi connectivity index (χ3v) is 5.15. The minimum absolute atomic E-state index is 0.0109. The molecule has 0 radical (unpaired) electrons. The van der Waals surface area contributed by atoms with Gasteiger partial charge >= 0.3 is 0 Å². The summed E-state index contributed by atoms with van der Waals surface area (Å²) in [7, 11) is 0. The smallest absolute Gasteiger partial charge is 0.230 e. The average Bonchev–Trinajstić information content (AvgIpc) is 2.58. The third-order valence-electron chi connectivity index (χ3n) is 5.15. The molecule has 2 amide bonds. The molecule has 1 N–H and O–H groups in total. The SMILES string of the molecule is CCCN1CCCC2(CC1)CC(=O)NC(=O)C2CC(C)C. The molecule has 4 heteroatoms. The van der Waals surface area contributed by atoms with Crippen molar-refractivity contribution in [2.75, 3.05) is 19.6 Å². The van der Waals surface area contributed by atoms with Crippen LogP contribution in [0.25, 0.3) is 0 Å². The Hall–Kier alpha value is -0.900. The van der Waals surface area contributed by atoms with Crippen molar-refractivity contribution in [1.82, 2.24) is 10.2 Å². The molecule has 21 heavy (non-hydrogen) atoms. The lowest BCUT2D eigenvalue weighted by molar-refractivity contribution is -0.145. The van der Waals surface area contributed by atoms with E-state index in [1.807, 2.05) is 0 Å². The molecule has 2 unspecified atom stereocenters. The largest absolute Gasteiger partial charge is 0.303 e. The highest BCUT2D eigenvalue weighted by Gasteiger charge is 2.48. The lowest BCUT2D eigenvalue weighted by Crippen LogP contribution is -2.52. The van der Waals surface area contributed by atoms with Crippen molar-refractivity contribution >= 4 is 11.8 Å². The van der Waals surface area contributed by atoms with Crippen molar-refractivity contribution in [3.05, 3.63) is 0 Å². The molecule has 0 aromatic rings. The zero-order valence-electron chi connectivity index (χ0n) is 13.8. The molecule has 1 spiro atoms. The molecule has 120 valence electrons. The second-order valence-corrected chi connectivity index (χ2v) is 7.33. The van der Waals surface area contributed by atoms with Crippen LogP contribution in [0.4, 0.5) is 0 Å². The topological polar surface area (TPSA) is 49.4 Å². The number of rotatable bonds is 4. The van der Waals surface area contributed by atoms with Gasteiger partial charge in [-0.25, -0.2) is 0 Å². The van der Waals surface area contributed by atoms with Gasteiger partial charge in [-0.05, 0) is 63.1 Å². The zero-order chi connectivity index (χ0) is 15.5. The summed E-state index contributed by atoms with van der Waals surface area (Å²) in [6.07, 6.45) is 5.72. The Morgan fingerprint density at radius 2 is 2.05 bits per heavy atom. The lowest BCUT2D eigenvalue weighted by atomic mass is 9.63. The standard InChI is InChI=1S/C17H30N2O2/c1-4-8-19-9-5-6-17(7-10-19)12-15(20)18-16(21)14(17)11-13(2)3/h13-14H,4-12H2,1-3H3,(H,18,20,21). The van der Waals surface area contributed by atoms with Crippen LogP contribution in [-0.4, -0.2) is 36.3 Å². The number of hydrogen-bond acceptors (Lipinski definition) is 3. The first-order valence-corrected chi connectivity index (χ1v) is 8.53. The number of carbonyl (C=O) groups is 2. The fraction of sp³-hybridized carbons (Fsp3) is 0.882. The van der Waals surface area contributed by atoms with Crippen molar-refractivity contribution in [3.63, 3.8) is 0 Å². The Morgan fingerprint density at radius 1 is 1.29 bits per heavy atom. The summed E-state index contributed by atoms with van der Waals surface area (Å²) >= 11 is 0. The minimum atomic E-state index is -0.0911. The molecule has 2 rings (SSSR count). The summed E-state index contributed by atoms with van der Waals surface area (Å²) in [6, 6.07) is 0. The predicted octanol–water partition coefficient (Wildman–Crippen LogP) is 2.58. The maximum absolute atomic E-state index is 12.4. The zero-order valence-corrected chi connectivity index (χ0v) is 13.8. The summed E-state index contributed by atoms with van der Waals surface area (Å²) in [5, 5.41) is 2.57. The van der Waals surface area contributed by atoms with Crippen molar-refractivity contribution in [2.45, 2.75) is 59.3 Å². The Kier molecular flexibility index (Phi) is 5.42. The number of imide groups is 1. The van der Waals surface area contributed by atoms with E-state index in [2.05, 4.69) is 31.0 Å². The number of nitrogens with zero attached hydrogens (tertiary/aromatic N) is 1. The van der Waals surface area contributed by atoms with Crippen LogP contribution < -0.4 is 5.32 Å². The van der Waals surface area contributed by atoms with Gasteiger partial charge in [-0.2, -0.15) is 0 Å². The quantitative estimate of drug-likeness (QED) is 0.811. The summed E-state index contributed by atoms with van der Waals surface area (Å²) in [6.45, 7) is 9.81. The van der Waals surface area contributed by atoms with E-state index in [4.69, 9.17) is 0 Å². The Morgan fingerprint density at radius 3 is 2.71 bits per heavy atom. The van der Waals surface area contributed by atoms with Gasteiger partial charge in [-0.1, -0.05) is 20.8 Å². The van der Waals surface area contributed by atoms with Crippen LogP contribution >= 0.6 is 0 Å². The first-order chi connectivity index (χ1) is 9.97. The van der Waals surface area contributed by atoms with Crippen LogP contribution in [0.2, 0.25) is 0 Å². The van der Waals surface area contributed by atoms with Gasteiger partial charge in [0, 0.05) is 12.3 Å². The lowest BCUT2D eigenvalue weighted by Gasteiger charge is -2.43. The van der Waals surface area contributed by atoms with Gasteiger partial charge in [-0.3, -0.25) is 14.9 Å². The van der Waals surface area contributed by atoms with Crippen LogP contribution in [0, 0.1) is 17.3 Å². The van der Waals surface area contributed by atoms with Crippen LogP contribution in [-0.2, 0) is 9.59 Å². The second kappa shape index (κ2) is 6.91. The van der Waals surface area contributed by atoms with Crippen LogP contribution in [0.15, 0.2) is 0 Å². The predicted molar refractivity (Wildman–Crippen MR) is 83.7 cm³/mol. The number of amides is 2. The Labute approximate surface area is 128 Å². The normalized spacial score (nSPS) is 31.5. The number of nitrogens with one attached hydrogen (secondary N) is 1. The molecule has 2 aliphatic rings. The molecule has 0 saturated carbocycles. The molecule has 2 saturated heterocycles. The minimum Gasteiger partial charge on any atom is -0.303 e. The van der Waals surface area contributed by atoms with E-state index in [-0.39, 0.29) is 23.1 Å². The summed E-state index contributed by atoms with van der Waals surface area (Å²) in [5.41, 5.74) is -0.0911. The van der Waals surface area contributed by atoms with Crippen LogP contribution in [0.3, 0.4) is 0 Å². The van der Waals surface area contributed by atoms with Gasteiger partial charge in [0.05, 0.1) is 0 Å². The molecule has 2 aliphatic heterocycles. The van der Waals surface area contributed by atoms with Crippen LogP contribution in [0.1, 0.15) is 59.3 Å². The third kappa shape index (κ3) is 3.85. The first kappa shape index (κ1) is 16.5. The van der Waals surface area contributed by atoms with Gasteiger partial charge in [0.15, 0.2) is 0 Å². The van der Waals surface area contributed by atoms with Gasteiger partial charge < -0.3 is 4.90 Å². The number of carbonyl (C=O) groups excluding carboxylic acids is 2. The van der Waals surface area contributed by atoms with Crippen LogP contribution in [0.5, 0.6) is 0 Å². The van der Waals surface area contributed by atoms with E-state index >= 15 is 0 Å². The van der Waals surface area contributed by atoms with E-state index in [9.17, 15) is 9.59 Å². The number of likely N-dealkylation sites (tertiary alicyclic amines) is 1.